The first-order chi connectivity index (χ1) is 12.7. The molecule has 1 saturated carbocycles. The number of amides is 1. The van der Waals surface area contributed by atoms with Crippen molar-refractivity contribution in [3.05, 3.63) is 35.2 Å². The lowest BCUT2D eigenvalue weighted by molar-refractivity contribution is -0.137. The second-order valence-corrected chi connectivity index (χ2v) is 7.83. The maximum atomic E-state index is 12.7. The number of aromatic nitrogens is 2. The van der Waals surface area contributed by atoms with E-state index in [9.17, 15) is 4.79 Å². The molecule has 6 heteroatoms. The van der Waals surface area contributed by atoms with Gasteiger partial charge >= 0.3 is 0 Å². The molecule has 5 nitrogen and oxygen atoms in total. The van der Waals surface area contributed by atoms with Crippen LogP contribution in [0.4, 0.5) is 0 Å². The molecule has 0 radical (unpaired) electrons. The number of nitrogens with zero attached hydrogens (tertiary/aromatic N) is 3. The van der Waals surface area contributed by atoms with Crippen LogP contribution in [-0.4, -0.2) is 34.0 Å². The fourth-order valence-corrected chi connectivity index (χ4v) is 4.20. The highest BCUT2D eigenvalue weighted by Gasteiger charge is 2.31. The number of carbonyl (C=O) groups excluding carboxylic acids is 1. The third-order valence-electron chi connectivity index (χ3n) is 5.65. The van der Waals surface area contributed by atoms with E-state index >= 15 is 0 Å². The van der Waals surface area contributed by atoms with Crippen molar-refractivity contribution in [2.45, 2.75) is 50.9 Å². The van der Waals surface area contributed by atoms with Crippen LogP contribution in [-0.2, 0) is 4.79 Å². The zero-order valence-electron chi connectivity index (χ0n) is 14.9. The molecule has 1 aliphatic carbocycles. The van der Waals surface area contributed by atoms with Crippen LogP contribution in [0.25, 0.3) is 11.4 Å². The zero-order valence-corrected chi connectivity index (χ0v) is 15.6. The van der Waals surface area contributed by atoms with E-state index in [4.69, 9.17) is 16.1 Å². The van der Waals surface area contributed by atoms with E-state index in [1.165, 1.54) is 19.3 Å². The summed E-state index contributed by atoms with van der Waals surface area (Å²) in [5.74, 6) is 2.12. The van der Waals surface area contributed by atoms with Gasteiger partial charge in [-0.3, -0.25) is 4.79 Å². The van der Waals surface area contributed by atoms with Crippen molar-refractivity contribution in [3.63, 3.8) is 0 Å². The molecule has 2 aromatic rings. The van der Waals surface area contributed by atoms with Crippen LogP contribution in [0.1, 0.15) is 56.8 Å². The molecule has 26 heavy (non-hydrogen) atoms. The molecular formula is C20H24ClN3O2. The largest absolute Gasteiger partial charge is 0.342 e. The highest BCUT2D eigenvalue weighted by atomic mass is 35.5. The van der Waals surface area contributed by atoms with Gasteiger partial charge in [-0.25, -0.2) is 0 Å². The van der Waals surface area contributed by atoms with Gasteiger partial charge in [0, 0.05) is 35.5 Å². The molecule has 1 aromatic carbocycles. The van der Waals surface area contributed by atoms with Crippen LogP contribution < -0.4 is 0 Å². The molecule has 0 N–H and O–H groups in total. The van der Waals surface area contributed by atoms with E-state index in [-0.39, 0.29) is 11.8 Å². The van der Waals surface area contributed by atoms with E-state index in [2.05, 4.69) is 10.1 Å². The molecule has 1 aliphatic heterocycles. The topological polar surface area (TPSA) is 59.2 Å². The van der Waals surface area contributed by atoms with E-state index in [0.29, 0.717) is 22.6 Å². The first kappa shape index (κ1) is 17.5. The van der Waals surface area contributed by atoms with E-state index in [1.807, 2.05) is 29.2 Å². The molecule has 4 rings (SSSR count). The Balaban J connectivity index is 1.36. The molecule has 138 valence electrons. The van der Waals surface area contributed by atoms with Crippen molar-refractivity contribution in [1.29, 1.82) is 0 Å². The molecule has 0 spiro atoms. The molecule has 1 amide bonds. The Morgan fingerprint density at radius 2 is 1.73 bits per heavy atom. The summed E-state index contributed by atoms with van der Waals surface area (Å²) >= 11 is 5.92. The number of hydrogen-bond acceptors (Lipinski definition) is 4. The quantitative estimate of drug-likeness (QED) is 0.783. The molecule has 2 fully saturated rings. The number of piperidine rings is 1. The summed E-state index contributed by atoms with van der Waals surface area (Å²) in [7, 11) is 0. The summed E-state index contributed by atoms with van der Waals surface area (Å²) in [6, 6.07) is 7.43. The SMILES string of the molecule is O=C(C1CCCCC1)N1CCC(c2nc(-c3ccc(Cl)cc3)no2)CC1. The summed E-state index contributed by atoms with van der Waals surface area (Å²) in [4.78, 5) is 19.3. The van der Waals surface area contributed by atoms with Crippen LogP contribution >= 0.6 is 11.6 Å². The Bertz CT molecular complexity index is 745. The summed E-state index contributed by atoms with van der Waals surface area (Å²) in [6.07, 6.45) is 7.57. The Morgan fingerprint density at radius 1 is 1.04 bits per heavy atom. The Labute approximate surface area is 158 Å². The number of halogens is 1. The molecule has 0 bridgehead atoms. The van der Waals surface area contributed by atoms with E-state index < -0.39 is 0 Å². The third kappa shape index (κ3) is 3.78. The Hall–Kier alpha value is -1.88. The monoisotopic (exact) mass is 373 g/mol. The summed E-state index contributed by atoms with van der Waals surface area (Å²) in [6.45, 7) is 1.58. The van der Waals surface area contributed by atoms with Crippen LogP contribution in [0.15, 0.2) is 28.8 Å². The standard InChI is InChI=1S/C20H24ClN3O2/c21-17-8-6-14(7-9-17)18-22-19(26-23-18)15-10-12-24(13-11-15)20(25)16-4-2-1-3-5-16/h6-9,15-16H,1-5,10-13H2. The lowest BCUT2D eigenvalue weighted by Gasteiger charge is -2.34. The minimum absolute atomic E-state index is 0.235. The van der Waals surface area contributed by atoms with E-state index in [1.54, 1.807) is 0 Å². The fourth-order valence-electron chi connectivity index (χ4n) is 4.07. The fraction of sp³-hybridized carbons (Fsp3) is 0.550. The predicted molar refractivity (Wildman–Crippen MR) is 99.9 cm³/mol. The molecule has 0 atom stereocenters. The number of hydrogen-bond donors (Lipinski definition) is 0. The van der Waals surface area contributed by atoms with E-state index in [0.717, 1.165) is 44.3 Å². The van der Waals surface area contributed by atoms with Crippen molar-refractivity contribution >= 4 is 17.5 Å². The Kier molecular flexibility index (Phi) is 5.25. The minimum Gasteiger partial charge on any atom is -0.342 e. The lowest BCUT2D eigenvalue weighted by Crippen LogP contribution is -2.41. The van der Waals surface area contributed by atoms with Gasteiger partial charge in [0.1, 0.15) is 0 Å². The molecule has 2 aliphatic rings. The van der Waals surface area contributed by atoms with Gasteiger partial charge in [-0.05, 0) is 49.9 Å². The third-order valence-corrected chi connectivity index (χ3v) is 5.91. The lowest BCUT2D eigenvalue weighted by atomic mass is 9.87. The van der Waals surface area contributed by atoms with Gasteiger partial charge in [0.05, 0.1) is 0 Å². The smallest absolute Gasteiger partial charge is 0.230 e. The second kappa shape index (κ2) is 7.78. The van der Waals surface area contributed by atoms with Crippen molar-refractivity contribution in [2.24, 2.45) is 5.92 Å². The highest BCUT2D eigenvalue weighted by Crippen LogP contribution is 2.31. The van der Waals surface area contributed by atoms with Crippen molar-refractivity contribution in [2.75, 3.05) is 13.1 Å². The minimum atomic E-state index is 0.235. The maximum absolute atomic E-state index is 12.7. The Morgan fingerprint density at radius 3 is 2.42 bits per heavy atom. The van der Waals surface area contributed by atoms with Gasteiger partial charge in [-0.1, -0.05) is 36.0 Å². The van der Waals surface area contributed by atoms with Crippen LogP contribution in [0, 0.1) is 5.92 Å². The molecule has 2 heterocycles. The van der Waals surface area contributed by atoms with Gasteiger partial charge in [-0.2, -0.15) is 4.98 Å². The average molecular weight is 374 g/mol. The number of rotatable bonds is 3. The summed E-state index contributed by atoms with van der Waals surface area (Å²) in [5.41, 5.74) is 0.898. The second-order valence-electron chi connectivity index (χ2n) is 7.40. The number of carbonyl (C=O) groups is 1. The van der Waals surface area contributed by atoms with Crippen molar-refractivity contribution < 1.29 is 9.32 Å². The summed E-state index contributed by atoms with van der Waals surface area (Å²) in [5, 5.41) is 4.80. The van der Waals surface area contributed by atoms with Gasteiger partial charge < -0.3 is 9.42 Å². The molecule has 1 aromatic heterocycles. The number of benzene rings is 1. The first-order valence-electron chi connectivity index (χ1n) is 9.59. The maximum Gasteiger partial charge on any atom is 0.230 e. The zero-order chi connectivity index (χ0) is 17.9. The molecule has 1 saturated heterocycles. The normalized spacial score (nSPS) is 19.7. The van der Waals surface area contributed by atoms with Gasteiger partial charge in [-0.15, -0.1) is 0 Å². The average Bonchev–Trinajstić information content (AvgIpc) is 3.19. The van der Waals surface area contributed by atoms with Crippen LogP contribution in [0.3, 0.4) is 0 Å². The molecular weight excluding hydrogens is 350 g/mol. The summed E-state index contributed by atoms with van der Waals surface area (Å²) < 4.78 is 5.50. The molecule has 0 unspecified atom stereocenters. The van der Waals surface area contributed by atoms with Crippen LogP contribution in [0.2, 0.25) is 5.02 Å². The van der Waals surface area contributed by atoms with Gasteiger partial charge in [0.15, 0.2) is 0 Å². The van der Waals surface area contributed by atoms with Crippen molar-refractivity contribution in [3.8, 4) is 11.4 Å². The highest BCUT2D eigenvalue weighted by molar-refractivity contribution is 6.30. The van der Waals surface area contributed by atoms with Gasteiger partial charge in [0.25, 0.3) is 0 Å². The predicted octanol–water partition coefficient (Wildman–Crippen LogP) is 4.68. The number of likely N-dealkylation sites (tertiary alicyclic amines) is 1. The van der Waals surface area contributed by atoms with Crippen molar-refractivity contribution in [1.82, 2.24) is 15.0 Å². The first-order valence-corrected chi connectivity index (χ1v) is 9.97. The van der Waals surface area contributed by atoms with Crippen LogP contribution in [0.5, 0.6) is 0 Å². The van der Waals surface area contributed by atoms with Gasteiger partial charge in [0.2, 0.25) is 17.6 Å².